The molecule has 1 saturated heterocycles. The van der Waals surface area contributed by atoms with Gasteiger partial charge in [0.1, 0.15) is 5.82 Å². The van der Waals surface area contributed by atoms with Crippen molar-refractivity contribution in [3.63, 3.8) is 0 Å². The van der Waals surface area contributed by atoms with Crippen molar-refractivity contribution in [2.45, 2.75) is 6.92 Å². The molecule has 1 fully saturated rings. The van der Waals surface area contributed by atoms with Crippen molar-refractivity contribution in [1.82, 2.24) is 15.1 Å². The lowest BCUT2D eigenvalue weighted by atomic mass is 10.2. The number of hydrogen-bond acceptors (Lipinski definition) is 5. The predicted molar refractivity (Wildman–Crippen MR) is 100 cm³/mol. The fourth-order valence-electron chi connectivity index (χ4n) is 2.76. The molecule has 0 unspecified atom stereocenters. The molecule has 138 valence electrons. The number of anilines is 3. The Labute approximate surface area is 152 Å². The maximum Gasteiger partial charge on any atom is 0.321 e. The smallest absolute Gasteiger partial charge is 0.321 e. The van der Waals surface area contributed by atoms with E-state index in [0.717, 1.165) is 11.5 Å². The summed E-state index contributed by atoms with van der Waals surface area (Å²) in [6, 6.07) is 6.46. The van der Waals surface area contributed by atoms with Crippen LogP contribution in [0.4, 0.5) is 26.4 Å². The van der Waals surface area contributed by atoms with E-state index in [1.807, 2.05) is 25.1 Å². The van der Waals surface area contributed by atoms with Gasteiger partial charge in [0, 0.05) is 52.0 Å². The molecule has 2 heterocycles. The third kappa shape index (κ3) is 4.01. The predicted octanol–water partition coefficient (Wildman–Crippen LogP) is 2.34. The molecule has 0 spiro atoms. The second kappa shape index (κ2) is 7.55. The molecule has 1 N–H and O–H groups in total. The van der Waals surface area contributed by atoms with E-state index in [4.69, 9.17) is 0 Å². The Kier molecular flexibility index (Phi) is 5.20. The number of aromatic nitrogens is 2. The zero-order valence-electron chi connectivity index (χ0n) is 15.2. The molecule has 1 aromatic carbocycles. The van der Waals surface area contributed by atoms with Crippen LogP contribution in [-0.4, -0.2) is 61.4 Å². The van der Waals surface area contributed by atoms with Crippen LogP contribution in [0, 0.1) is 12.7 Å². The molecule has 0 saturated carbocycles. The number of rotatable bonds is 3. The summed E-state index contributed by atoms with van der Waals surface area (Å²) in [6.45, 7) is 4.15. The van der Waals surface area contributed by atoms with Gasteiger partial charge in [-0.05, 0) is 24.6 Å². The lowest BCUT2D eigenvalue weighted by Crippen LogP contribution is -2.50. The van der Waals surface area contributed by atoms with Gasteiger partial charge in [0.15, 0.2) is 5.82 Å². The average Bonchev–Trinajstić information content (AvgIpc) is 2.65. The highest BCUT2D eigenvalue weighted by Gasteiger charge is 2.22. The van der Waals surface area contributed by atoms with E-state index >= 15 is 0 Å². The summed E-state index contributed by atoms with van der Waals surface area (Å²) in [7, 11) is 3.91. The van der Waals surface area contributed by atoms with Gasteiger partial charge in [-0.3, -0.25) is 0 Å². The highest BCUT2D eigenvalue weighted by molar-refractivity contribution is 5.89. The van der Waals surface area contributed by atoms with E-state index in [2.05, 4.69) is 20.4 Å². The van der Waals surface area contributed by atoms with Crippen LogP contribution >= 0.6 is 0 Å². The Morgan fingerprint density at radius 1 is 1.19 bits per heavy atom. The molecule has 3 rings (SSSR count). The summed E-state index contributed by atoms with van der Waals surface area (Å²) in [5.41, 5.74) is 2.00. The highest BCUT2D eigenvalue weighted by atomic mass is 19.1. The van der Waals surface area contributed by atoms with Gasteiger partial charge in [-0.15, -0.1) is 5.10 Å². The van der Waals surface area contributed by atoms with Crippen LogP contribution in [0.1, 0.15) is 5.56 Å². The number of halogens is 1. The van der Waals surface area contributed by atoms with Crippen molar-refractivity contribution >= 4 is 23.2 Å². The number of piperazine rings is 1. The van der Waals surface area contributed by atoms with Gasteiger partial charge in [-0.2, -0.15) is 5.10 Å². The largest absolute Gasteiger partial charge is 0.376 e. The molecular weight excluding hydrogens is 335 g/mol. The maximum absolute atomic E-state index is 13.6. The molecule has 1 aliphatic rings. The molecule has 8 heteroatoms. The number of amides is 2. The molecule has 1 aromatic heterocycles. The first-order chi connectivity index (χ1) is 12.4. The molecule has 1 aliphatic heterocycles. The van der Waals surface area contributed by atoms with Gasteiger partial charge >= 0.3 is 6.03 Å². The van der Waals surface area contributed by atoms with Gasteiger partial charge in [0.2, 0.25) is 0 Å². The minimum atomic E-state index is -0.327. The van der Waals surface area contributed by atoms with Crippen molar-refractivity contribution in [2.24, 2.45) is 0 Å². The molecular formula is C18H23FN6O. The Bertz CT molecular complexity index is 789. The van der Waals surface area contributed by atoms with Crippen molar-refractivity contribution in [3.8, 4) is 0 Å². The molecule has 0 aliphatic carbocycles. The Hall–Kier alpha value is -2.90. The third-order valence-electron chi connectivity index (χ3n) is 4.46. The second-order valence-electron chi connectivity index (χ2n) is 6.53. The SMILES string of the molecule is Cc1ccc(NC(=O)N2CCN(c3cc(N(C)C)cnn3)CC2)cc1F. The Balaban J connectivity index is 1.58. The topological polar surface area (TPSA) is 64.6 Å². The number of carbonyl (C=O) groups excluding carboxylic acids is 1. The van der Waals surface area contributed by atoms with Gasteiger partial charge in [-0.1, -0.05) is 6.07 Å². The first-order valence-electron chi connectivity index (χ1n) is 8.51. The van der Waals surface area contributed by atoms with E-state index in [9.17, 15) is 9.18 Å². The number of benzene rings is 1. The monoisotopic (exact) mass is 358 g/mol. The third-order valence-corrected chi connectivity index (χ3v) is 4.46. The summed E-state index contributed by atoms with van der Waals surface area (Å²) in [6.07, 6.45) is 1.72. The van der Waals surface area contributed by atoms with Crippen molar-refractivity contribution in [3.05, 3.63) is 41.8 Å². The number of nitrogens with one attached hydrogen (secondary N) is 1. The molecule has 2 amide bonds. The fraction of sp³-hybridized carbons (Fsp3) is 0.389. The maximum atomic E-state index is 13.6. The highest BCUT2D eigenvalue weighted by Crippen LogP contribution is 2.19. The van der Waals surface area contributed by atoms with Crippen LogP contribution in [0.2, 0.25) is 0 Å². The van der Waals surface area contributed by atoms with Crippen LogP contribution < -0.4 is 15.1 Å². The van der Waals surface area contributed by atoms with E-state index in [-0.39, 0.29) is 11.8 Å². The average molecular weight is 358 g/mol. The first kappa shape index (κ1) is 17.9. The molecule has 0 bridgehead atoms. The summed E-state index contributed by atoms with van der Waals surface area (Å²) < 4.78 is 13.6. The van der Waals surface area contributed by atoms with Crippen molar-refractivity contribution in [2.75, 3.05) is 55.4 Å². The van der Waals surface area contributed by atoms with E-state index in [1.165, 1.54) is 6.07 Å². The lowest BCUT2D eigenvalue weighted by Gasteiger charge is -2.35. The van der Waals surface area contributed by atoms with Crippen LogP contribution in [0.15, 0.2) is 30.5 Å². The Morgan fingerprint density at radius 3 is 2.58 bits per heavy atom. The summed E-state index contributed by atoms with van der Waals surface area (Å²) in [5, 5.41) is 11.0. The van der Waals surface area contributed by atoms with Gasteiger partial charge < -0.3 is 20.0 Å². The van der Waals surface area contributed by atoms with E-state index in [0.29, 0.717) is 37.4 Å². The lowest BCUT2D eigenvalue weighted by molar-refractivity contribution is 0.208. The Morgan fingerprint density at radius 2 is 1.92 bits per heavy atom. The number of carbonyl (C=O) groups is 1. The molecule has 7 nitrogen and oxygen atoms in total. The number of urea groups is 1. The molecule has 2 aromatic rings. The quantitative estimate of drug-likeness (QED) is 0.912. The van der Waals surface area contributed by atoms with Crippen LogP contribution in [0.5, 0.6) is 0 Å². The minimum Gasteiger partial charge on any atom is -0.376 e. The van der Waals surface area contributed by atoms with E-state index in [1.54, 1.807) is 30.2 Å². The van der Waals surface area contributed by atoms with Crippen LogP contribution in [-0.2, 0) is 0 Å². The van der Waals surface area contributed by atoms with E-state index < -0.39 is 0 Å². The number of nitrogens with zero attached hydrogens (tertiary/aromatic N) is 5. The summed E-state index contributed by atoms with van der Waals surface area (Å²) >= 11 is 0. The second-order valence-corrected chi connectivity index (χ2v) is 6.53. The summed E-state index contributed by atoms with van der Waals surface area (Å²) in [4.78, 5) is 18.2. The van der Waals surface area contributed by atoms with Gasteiger partial charge in [-0.25, -0.2) is 9.18 Å². The number of hydrogen-bond donors (Lipinski definition) is 1. The zero-order valence-corrected chi connectivity index (χ0v) is 15.2. The number of aryl methyl sites for hydroxylation is 1. The first-order valence-corrected chi connectivity index (χ1v) is 8.51. The van der Waals surface area contributed by atoms with Gasteiger partial charge in [0.05, 0.1) is 11.9 Å². The van der Waals surface area contributed by atoms with Gasteiger partial charge in [0.25, 0.3) is 0 Å². The van der Waals surface area contributed by atoms with Crippen LogP contribution in [0.25, 0.3) is 0 Å². The fourth-order valence-corrected chi connectivity index (χ4v) is 2.76. The van der Waals surface area contributed by atoms with Crippen molar-refractivity contribution in [1.29, 1.82) is 0 Å². The zero-order chi connectivity index (χ0) is 18.7. The molecule has 0 atom stereocenters. The normalized spacial score (nSPS) is 14.3. The van der Waals surface area contributed by atoms with Crippen molar-refractivity contribution < 1.29 is 9.18 Å². The summed E-state index contributed by atoms with van der Waals surface area (Å²) in [5.74, 6) is 0.476. The van der Waals surface area contributed by atoms with Crippen LogP contribution in [0.3, 0.4) is 0 Å². The minimum absolute atomic E-state index is 0.221. The molecule has 0 radical (unpaired) electrons. The standard InChI is InChI=1S/C18H23FN6O/c1-13-4-5-14(10-16(13)19)21-18(26)25-8-6-24(7-9-25)17-11-15(23(2)3)12-20-22-17/h4-5,10-12H,6-9H2,1-3H3,(H,21,26). The molecule has 26 heavy (non-hydrogen) atoms.